The highest BCUT2D eigenvalue weighted by molar-refractivity contribution is 7.99. The zero-order chi connectivity index (χ0) is 12.3. The molecule has 0 heterocycles. The van der Waals surface area contributed by atoms with Crippen molar-refractivity contribution in [2.75, 3.05) is 0 Å². The maximum absolute atomic E-state index is 5.45. The van der Waals surface area contributed by atoms with E-state index in [-0.39, 0.29) is 0 Å². The molecule has 0 amide bonds. The van der Waals surface area contributed by atoms with Crippen LogP contribution in [0, 0.1) is 5.41 Å². The van der Waals surface area contributed by atoms with Gasteiger partial charge < -0.3 is 0 Å². The van der Waals surface area contributed by atoms with Crippen LogP contribution >= 0.6 is 24.0 Å². The van der Waals surface area contributed by atoms with E-state index in [1.165, 1.54) is 16.8 Å². The van der Waals surface area contributed by atoms with Crippen LogP contribution in [-0.2, 0) is 5.75 Å². The molecule has 92 valence electrons. The summed E-state index contributed by atoms with van der Waals surface area (Å²) in [4.78, 5) is 1.27. The maximum Gasteiger partial charge on any atom is 0.0187 e. The topological polar surface area (TPSA) is 0 Å². The van der Waals surface area contributed by atoms with Crippen LogP contribution in [0.2, 0.25) is 0 Å². The zero-order valence-electron chi connectivity index (χ0n) is 10.6. The van der Waals surface area contributed by atoms with Crippen LogP contribution in [0.25, 0.3) is 0 Å². The normalized spacial score (nSPS) is 23.6. The highest BCUT2D eigenvalue weighted by atomic mass is 32.2. The van der Waals surface area contributed by atoms with Crippen molar-refractivity contribution in [3.05, 3.63) is 35.9 Å². The molecular formula is C15H20S2. The first kappa shape index (κ1) is 13.1. The monoisotopic (exact) mass is 264 g/mol. The van der Waals surface area contributed by atoms with Gasteiger partial charge in [-0.05, 0) is 35.1 Å². The summed E-state index contributed by atoms with van der Waals surface area (Å²) in [6, 6.07) is 10.7. The summed E-state index contributed by atoms with van der Waals surface area (Å²) in [7, 11) is 0. The van der Waals surface area contributed by atoms with Crippen LogP contribution in [0.15, 0.2) is 30.3 Å². The molecule has 1 aliphatic carbocycles. The number of thioether (sulfide) groups is 1. The van der Waals surface area contributed by atoms with E-state index >= 15 is 0 Å². The van der Waals surface area contributed by atoms with Crippen molar-refractivity contribution in [1.29, 1.82) is 0 Å². The molecule has 0 spiro atoms. The number of hydrogen-bond donors (Lipinski definition) is 0. The van der Waals surface area contributed by atoms with Gasteiger partial charge in [-0.1, -0.05) is 56.4 Å². The summed E-state index contributed by atoms with van der Waals surface area (Å²) in [6.07, 6.45) is 3.56. The molecule has 1 fully saturated rings. The summed E-state index contributed by atoms with van der Waals surface area (Å²) >= 11 is 7.52. The Morgan fingerprint density at radius 2 is 2.00 bits per heavy atom. The molecule has 2 heteroatoms. The Hall–Kier alpha value is -0.340. The van der Waals surface area contributed by atoms with Crippen LogP contribution in [-0.4, -0.2) is 10.1 Å². The minimum atomic E-state index is 0.406. The van der Waals surface area contributed by atoms with Gasteiger partial charge in [0, 0.05) is 11.0 Å². The second-order valence-corrected chi connectivity index (χ2v) is 7.57. The fourth-order valence-electron chi connectivity index (χ4n) is 2.53. The van der Waals surface area contributed by atoms with Crippen LogP contribution in [0.4, 0.5) is 0 Å². The lowest BCUT2D eigenvalue weighted by atomic mass is 9.77. The fourth-order valence-corrected chi connectivity index (χ4v) is 4.73. The van der Waals surface area contributed by atoms with Crippen LogP contribution < -0.4 is 0 Å². The third kappa shape index (κ3) is 4.11. The van der Waals surface area contributed by atoms with Gasteiger partial charge in [-0.15, -0.1) is 0 Å². The predicted octanol–water partition coefficient (Wildman–Crippen LogP) is 4.87. The average molecular weight is 264 g/mol. The van der Waals surface area contributed by atoms with Gasteiger partial charge in [0.25, 0.3) is 0 Å². The molecule has 2 rings (SSSR count). The van der Waals surface area contributed by atoms with Crippen molar-refractivity contribution in [2.45, 2.75) is 44.1 Å². The van der Waals surface area contributed by atoms with Crippen molar-refractivity contribution in [2.24, 2.45) is 5.41 Å². The van der Waals surface area contributed by atoms with Crippen molar-refractivity contribution in [1.82, 2.24) is 0 Å². The largest absolute Gasteiger partial charge is 0.153 e. The lowest BCUT2D eigenvalue weighted by Crippen LogP contribution is -2.29. The number of hydrogen-bond acceptors (Lipinski definition) is 2. The van der Waals surface area contributed by atoms with Gasteiger partial charge in [0.05, 0.1) is 0 Å². The van der Waals surface area contributed by atoms with Gasteiger partial charge in [-0.2, -0.15) is 11.8 Å². The van der Waals surface area contributed by atoms with E-state index in [0.717, 1.165) is 18.6 Å². The van der Waals surface area contributed by atoms with Crippen LogP contribution in [0.5, 0.6) is 0 Å². The second-order valence-electron chi connectivity index (χ2n) is 5.71. The van der Waals surface area contributed by atoms with Crippen molar-refractivity contribution in [3.8, 4) is 0 Å². The van der Waals surface area contributed by atoms with Crippen LogP contribution in [0.3, 0.4) is 0 Å². The molecule has 0 N–H and O–H groups in total. The number of rotatable bonds is 3. The van der Waals surface area contributed by atoms with Crippen molar-refractivity contribution >= 4 is 28.8 Å². The third-order valence-electron chi connectivity index (χ3n) is 3.24. The Bertz CT molecular complexity index is 381. The Morgan fingerprint density at radius 1 is 1.29 bits per heavy atom. The lowest BCUT2D eigenvalue weighted by molar-refractivity contribution is 0.329. The Balaban J connectivity index is 1.89. The average Bonchev–Trinajstić information content (AvgIpc) is 2.25. The van der Waals surface area contributed by atoms with Gasteiger partial charge >= 0.3 is 0 Å². The highest BCUT2D eigenvalue weighted by Crippen LogP contribution is 2.40. The third-order valence-corrected chi connectivity index (χ3v) is 4.86. The lowest BCUT2D eigenvalue weighted by Gasteiger charge is -2.35. The first-order valence-electron chi connectivity index (χ1n) is 6.22. The molecule has 17 heavy (non-hydrogen) atoms. The standard InChI is InChI=1S/C15H20S2/c1-15(2)9-13(16)8-14(10-15)17-11-12-6-4-3-5-7-12/h3-7,14H,8-11H2,1-2H3. The molecule has 1 saturated carbocycles. The first-order valence-corrected chi connectivity index (χ1v) is 7.68. The predicted molar refractivity (Wildman–Crippen MR) is 81.8 cm³/mol. The highest BCUT2D eigenvalue weighted by Gasteiger charge is 2.30. The van der Waals surface area contributed by atoms with E-state index in [0.29, 0.717) is 10.7 Å². The minimum Gasteiger partial charge on any atom is -0.153 e. The molecule has 0 bridgehead atoms. The van der Waals surface area contributed by atoms with Gasteiger partial charge in [0.2, 0.25) is 0 Å². The Morgan fingerprint density at radius 3 is 2.65 bits per heavy atom. The molecule has 1 unspecified atom stereocenters. The van der Waals surface area contributed by atoms with Gasteiger partial charge in [-0.3, -0.25) is 0 Å². The number of thiocarbonyl (C=S) groups is 1. The maximum atomic E-state index is 5.45. The Labute approximate surface area is 114 Å². The molecule has 1 atom stereocenters. The summed E-state index contributed by atoms with van der Waals surface area (Å²) < 4.78 is 0. The molecular weight excluding hydrogens is 244 g/mol. The summed E-state index contributed by atoms with van der Waals surface area (Å²) in [5.74, 6) is 1.12. The quantitative estimate of drug-likeness (QED) is 0.714. The van der Waals surface area contributed by atoms with E-state index in [1.807, 2.05) is 0 Å². The van der Waals surface area contributed by atoms with Gasteiger partial charge in [0.15, 0.2) is 0 Å². The van der Waals surface area contributed by atoms with E-state index in [2.05, 4.69) is 55.9 Å². The van der Waals surface area contributed by atoms with Crippen molar-refractivity contribution in [3.63, 3.8) is 0 Å². The SMILES string of the molecule is CC1(C)CC(=S)CC(SCc2ccccc2)C1. The Kier molecular flexibility index (Phi) is 4.26. The van der Waals surface area contributed by atoms with E-state index in [4.69, 9.17) is 12.2 Å². The molecule has 0 aromatic heterocycles. The molecule has 1 aliphatic rings. The second kappa shape index (κ2) is 5.53. The zero-order valence-corrected chi connectivity index (χ0v) is 12.2. The van der Waals surface area contributed by atoms with Gasteiger partial charge in [0.1, 0.15) is 0 Å². The van der Waals surface area contributed by atoms with E-state index in [9.17, 15) is 0 Å². The molecule has 1 aromatic rings. The molecule has 0 saturated heterocycles. The fraction of sp³-hybridized carbons (Fsp3) is 0.533. The van der Waals surface area contributed by atoms with Crippen molar-refractivity contribution < 1.29 is 0 Å². The first-order chi connectivity index (χ1) is 8.05. The minimum absolute atomic E-state index is 0.406. The summed E-state index contributed by atoms with van der Waals surface area (Å²) in [5, 5.41) is 0.714. The smallest absolute Gasteiger partial charge is 0.0187 e. The molecule has 0 radical (unpaired) electrons. The van der Waals surface area contributed by atoms with E-state index in [1.54, 1.807) is 0 Å². The molecule has 1 aromatic carbocycles. The molecule has 0 aliphatic heterocycles. The number of benzene rings is 1. The summed E-state index contributed by atoms with van der Waals surface area (Å²) in [6.45, 7) is 4.68. The molecule has 0 nitrogen and oxygen atoms in total. The van der Waals surface area contributed by atoms with Gasteiger partial charge in [-0.25, -0.2) is 0 Å². The van der Waals surface area contributed by atoms with Crippen LogP contribution in [0.1, 0.15) is 38.7 Å². The van der Waals surface area contributed by atoms with E-state index < -0.39 is 0 Å². The summed E-state index contributed by atoms with van der Waals surface area (Å²) in [5.41, 5.74) is 1.83.